The molecular weight excluding hydrogens is 290 g/mol. The van der Waals surface area contributed by atoms with Gasteiger partial charge in [0, 0.05) is 13.5 Å². The van der Waals surface area contributed by atoms with Gasteiger partial charge in [-0.2, -0.15) is 0 Å². The van der Waals surface area contributed by atoms with Crippen LogP contribution >= 0.6 is 0 Å². The van der Waals surface area contributed by atoms with E-state index in [4.69, 9.17) is 18.9 Å². The Labute approximate surface area is 128 Å². The number of carbonyl (C=O) groups excluding carboxylic acids is 2. The Morgan fingerprint density at radius 3 is 2.68 bits per heavy atom. The summed E-state index contributed by atoms with van der Waals surface area (Å²) in [6, 6.07) is 9.11. The van der Waals surface area contributed by atoms with Gasteiger partial charge in [-0.05, 0) is 18.5 Å². The molecule has 7 heteroatoms. The summed E-state index contributed by atoms with van der Waals surface area (Å²) in [7, 11) is 1.45. The Balaban J connectivity index is 1.85. The van der Waals surface area contributed by atoms with Crippen LogP contribution in [0.3, 0.4) is 0 Å². The predicted octanol–water partition coefficient (Wildman–Crippen LogP) is 1.57. The molecule has 1 heterocycles. The van der Waals surface area contributed by atoms with Crippen LogP contribution in [-0.4, -0.2) is 38.3 Å². The molecule has 1 N–H and O–H groups in total. The lowest BCUT2D eigenvalue weighted by atomic mass is 10.2. The minimum atomic E-state index is -1.35. The van der Waals surface area contributed by atoms with Crippen molar-refractivity contribution in [3.05, 3.63) is 35.9 Å². The SMILES string of the molecule is COCO[C@@]1(C(=O)OC(=O)OCc2ccccc2)CCCN1. The van der Waals surface area contributed by atoms with E-state index in [1.54, 1.807) is 12.1 Å². The van der Waals surface area contributed by atoms with E-state index < -0.39 is 17.8 Å². The van der Waals surface area contributed by atoms with E-state index in [9.17, 15) is 9.59 Å². The molecule has 2 rings (SSSR count). The number of hydrogen-bond acceptors (Lipinski definition) is 7. The van der Waals surface area contributed by atoms with Crippen LogP contribution in [0, 0.1) is 0 Å². The zero-order valence-corrected chi connectivity index (χ0v) is 12.4. The summed E-state index contributed by atoms with van der Waals surface area (Å²) in [5.41, 5.74) is -0.543. The van der Waals surface area contributed by atoms with Gasteiger partial charge in [0.1, 0.15) is 13.4 Å². The van der Waals surface area contributed by atoms with Gasteiger partial charge in [0.25, 0.3) is 0 Å². The average Bonchev–Trinajstić information content (AvgIpc) is 3.02. The third-order valence-corrected chi connectivity index (χ3v) is 3.24. The third-order valence-electron chi connectivity index (χ3n) is 3.24. The van der Waals surface area contributed by atoms with Crippen LogP contribution < -0.4 is 5.32 Å². The highest BCUT2D eigenvalue weighted by Crippen LogP contribution is 2.23. The van der Waals surface area contributed by atoms with Gasteiger partial charge in [-0.1, -0.05) is 30.3 Å². The molecule has 0 bridgehead atoms. The maximum absolute atomic E-state index is 12.1. The van der Waals surface area contributed by atoms with Gasteiger partial charge in [-0.3, -0.25) is 5.32 Å². The quantitative estimate of drug-likeness (QED) is 0.485. The van der Waals surface area contributed by atoms with Crippen molar-refractivity contribution in [3.63, 3.8) is 0 Å². The largest absolute Gasteiger partial charge is 0.516 e. The summed E-state index contributed by atoms with van der Waals surface area (Å²) < 4.78 is 19.8. The van der Waals surface area contributed by atoms with Crippen LogP contribution in [0.1, 0.15) is 18.4 Å². The van der Waals surface area contributed by atoms with Crippen LogP contribution in [0.2, 0.25) is 0 Å². The molecule has 1 aliphatic rings. The summed E-state index contributed by atoms with van der Waals surface area (Å²) in [4.78, 5) is 23.7. The molecular formula is C15H19NO6. The van der Waals surface area contributed by atoms with Crippen molar-refractivity contribution in [3.8, 4) is 0 Å². The summed E-state index contributed by atoms with van der Waals surface area (Å²) in [5.74, 6) is -0.819. The molecule has 7 nitrogen and oxygen atoms in total. The molecule has 0 radical (unpaired) electrons. The molecule has 0 aliphatic carbocycles. The average molecular weight is 309 g/mol. The first-order chi connectivity index (χ1) is 10.7. The Hall–Kier alpha value is -1.96. The molecule has 1 atom stereocenters. The molecule has 1 aromatic rings. The third kappa shape index (κ3) is 4.27. The molecule has 120 valence electrons. The number of esters is 1. The fraction of sp³-hybridized carbons (Fsp3) is 0.467. The maximum atomic E-state index is 12.1. The molecule has 0 spiro atoms. The number of benzene rings is 1. The van der Waals surface area contributed by atoms with E-state index in [0.717, 1.165) is 12.0 Å². The first kappa shape index (κ1) is 16.4. The van der Waals surface area contributed by atoms with Crippen LogP contribution in [0.5, 0.6) is 0 Å². The molecule has 22 heavy (non-hydrogen) atoms. The lowest BCUT2D eigenvalue weighted by Gasteiger charge is -2.25. The van der Waals surface area contributed by atoms with Gasteiger partial charge < -0.3 is 18.9 Å². The van der Waals surface area contributed by atoms with Crippen molar-refractivity contribution in [2.24, 2.45) is 0 Å². The van der Waals surface area contributed by atoms with Crippen molar-refractivity contribution in [1.82, 2.24) is 5.32 Å². The highest BCUT2D eigenvalue weighted by Gasteiger charge is 2.45. The molecule has 0 amide bonds. The van der Waals surface area contributed by atoms with Crippen LogP contribution in [0.25, 0.3) is 0 Å². The smallest absolute Gasteiger partial charge is 0.429 e. The molecule has 1 aliphatic heterocycles. The van der Waals surface area contributed by atoms with E-state index in [1.807, 2.05) is 18.2 Å². The topological polar surface area (TPSA) is 83.1 Å². The monoisotopic (exact) mass is 309 g/mol. The number of hydrogen-bond donors (Lipinski definition) is 1. The standard InChI is InChI=1S/C15H19NO6/c1-19-11-21-15(8-5-9-16-15)13(17)22-14(18)20-10-12-6-3-2-4-7-12/h2-4,6-7,16H,5,8-11H2,1H3/t15-/m1/s1. The lowest BCUT2D eigenvalue weighted by molar-refractivity contribution is -0.187. The number of rotatable bonds is 6. The van der Waals surface area contributed by atoms with Crippen molar-refractivity contribution < 1.29 is 28.5 Å². The van der Waals surface area contributed by atoms with E-state index in [1.165, 1.54) is 7.11 Å². The molecule has 1 fully saturated rings. The molecule has 1 aromatic carbocycles. The van der Waals surface area contributed by atoms with E-state index in [2.05, 4.69) is 5.32 Å². The Kier molecular flexibility index (Phi) is 5.88. The van der Waals surface area contributed by atoms with E-state index >= 15 is 0 Å². The second-order valence-electron chi connectivity index (χ2n) is 4.82. The van der Waals surface area contributed by atoms with Crippen LogP contribution in [-0.2, 0) is 30.3 Å². The van der Waals surface area contributed by atoms with Gasteiger partial charge in [0.15, 0.2) is 0 Å². The fourth-order valence-corrected chi connectivity index (χ4v) is 2.14. The molecule has 1 saturated heterocycles. The van der Waals surface area contributed by atoms with Crippen molar-refractivity contribution in [2.45, 2.75) is 25.2 Å². The highest BCUT2D eigenvalue weighted by molar-refractivity contribution is 5.88. The van der Waals surface area contributed by atoms with Crippen molar-refractivity contribution in [1.29, 1.82) is 0 Å². The van der Waals surface area contributed by atoms with E-state index in [-0.39, 0.29) is 13.4 Å². The zero-order valence-electron chi connectivity index (χ0n) is 12.4. The lowest BCUT2D eigenvalue weighted by Crippen LogP contribution is -2.52. The number of carbonyl (C=O) groups is 2. The highest BCUT2D eigenvalue weighted by atomic mass is 16.8. The summed E-state index contributed by atoms with van der Waals surface area (Å²) in [6.45, 7) is 0.547. The summed E-state index contributed by atoms with van der Waals surface area (Å²) in [6.07, 6.45) is 0.0851. The Morgan fingerprint density at radius 2 is 2.05 bits per heavy atom. The first-order valence-corrected chi connectivity index (χ1v) is 6.97. The number of ether oxygens (including phenoxy) is 4. The molecule has 0 aromatic heterocycles. The minimum Gasteiger partial charge on any atom is -0.429 e. The van der Waals surface area contributed by atoms with Crippen molar-refractivity contribution in [2.75, 3.05) is 20.4 Å². The first-order valence-electron chi connectivity index (χ1n) is 6.97. The van der Waals surface area contributed by atoms with Crippen LogP contribution in [0.15, 0.2) is 30.3 Å². The zero-order chi connectivity index (χ0) is 15.8. The summed E-state index contributed by atoms with van der Waals surface area (Å²) in [5, 5.41) is 2.90. The minimum absolute atomic E-state index is 0.0340. The molecule has 0 unspecified atom stereocenters. The van der Waals surface area contributed by atoms with Gasteiger partial charge in [0.2, 0.25) is 5.72 Å². The Morgan fingerprint density at radius 1 is 1.27 bits per heavy atom. The van der Waals surface area contributed by atoms with Gasteiger partial charge >= 0.3 is 12.1 Å². The Bertz CT molecular complexity index is 498. The van der Waals surface area contributed by atoms with Gasteiger partial charge in [-0.25, -0.2) is 9.59 Å². The number of nitrogens with one attached hydrogen (secondary N) is 1. The van der Waals surface area contributed by atoms with E-state index in [0.29, 0.717) is 13.0 Å². The van der Waals surface area contributed by atoms with Gasteiger partial charge in [-0.15, -0.1) is 0 Å². The summed E-state index contributed by atoms with van der Waals surface area (Å²) >= 11 is 0. The van der Waals surface area contributed by atoms with Crippen LogP contribution in [0.4, 0.5) is 4.79 Å². The fourth-order valence-electron chi connectivity index (χ4n) is 2.14. The number of methoxy groups -OCH3 is 1. The molecule has 0 saturated carbocycles. The van der Waals surface area contributed by atoms with Gasteiger partial charge in [0.05, 0.1) is 0 Å². The maximum Gasteiger partial charge on any atom is 0.516 e. The predicted molar refractivity (Wildman–Crippen MR) is 75.6 cm³/mol. The second-order valence-corrected chi connectivity index (χ2v) is 4.82. The normalized spacial score (nSPS) is 20.6. The second kappa shape index (κ2) is 7.88. The van der Waals surface area contributed by atoms with Crippen molar-refractivity contribution >= 4 is 12.1 Å².